The number of nitrogens with zero attached hydrogens (tertiary/aromatic N) is 2. The molecule has 0 spiro atoms. The maximum absolute atomic E-state index is 13.2. The van der Waals surface area contributed by atoms with Gasteiger partial charge in [0.1, 0.15) is 17.5 Å². The number of hydrogen-bond acceptors (Lipinski definition) is 5. The Morgan fingerprint density at radius 1 is 1.13 bits per heavy atom. The van der Waals surface area contributed by atoms with E-state index < -0.39 is 34.4 Å². The average Bonchev–Trinajstić information content (AvgIpc) is 2.94. The quantitative estimate of drug-likeness (QED) is 0.676. The van der Waals surface area contributed by atoms with Crippen molar-refractivity contribution in [2.75, 3.05) is 13.1 Å². The van der Waals surface area contributed by atoms with Crippen molar-refractivity contribution in [2.24, 2.45) is 0 Å². The van der Waals surface area contributed by atoms with Crippen molar-refractivity contribution in [2.45, 2.75) is 31.3 Å². The molecule has 0 bridgehead atoms. The predicted octanol–water partition coefficient (Wildman–Crippen LogP) is 2.04. The van der Waals surface area contributed by atoms with Crippen LogP contribution >= 0.6 is 11.6 Å². The van der Waals surface area contributed by atoms with Crippen molar-refractivity contribution < 1.29 is 22.8 Å². The number of nitrogens with one attached hydrogen (secondary N) is 1. The highest BCUT2D eigenvalue weighted by Gasteiger charge is 2.43. The van der Waals surface area contributed by atoms with Gasteiger partial charge in [0.2, 0.25) is 11.8 Å². The van der Waals surface area contributed by atoms with Gasteiger partial charge in [0, 0.05) is 18.1 Å². The van der Waals surface area contributed by atoms with Crippen LogP contribution in [0.25, 0.3) is 0 Å². The second-order valence-electron chi connectivity index (χ2n) is 7.03. The first-order chi connectivity index (χ1) is 14.7. The van der Waals surface area contributed by atoms with E-state index in [1.807, 2.05) is 0 Å². The van der Waals surface area contributed by atoms with E-state index in [1.54, 1.807) is 44.2 Å². The van der Waals surface area contributed by atoms with Crippen molar-refractivity contribution in [3.05, 3.63) is 64.7 Å². The van der Waals surface area contributed by atoms with E-state index in [9.17, 15) is 22.8 Å². The number of sulfonamides is 1. The molecule has 1 atom stereocenters. The van der Waals surface area contributed by atoms with Crippen LogP contribution in [0.2, 0.25) is 5.02 Å². The molecule has 164 valence electrons. The van der Waals surface area contributed by atoms with E-state index in [-0.39, 0.29) is 22.9 Å². The number of likely N-dealkylation sites (N-methyl/N-ethyl adjacent to an activating group) is 1. The van der Waals surface area contributed by atoms with E-state index >= 15 is 0 Å². The Balaban J connectivity index is 1.88. The van der Waals surface area contributed by atoms with Crippen LogP contribution in [0.4, 0.5) is 0 Å². The van der Waals surface area contributed by atoms with Crippen LogP contribution in [-0.2, 0) is 26.2 Å². The molecule has 0 unspecified atom stereocenters. The summed E-state index contributed by atoms with van der Waals surface area (Å²) < 4.78 is 26.1. The van der Waals surface area contributed by atoms with E-state index in [0.717, 1.165) is 0 Å². The van der Waals surface area contributed by atoms with Gasteiger partial charge in [-0.2, -0.15) is 0 Å². The highest BCUT2D eigenvalue weighted by molar-refractivity contribution is 7.90. The molecule has 0 saturated heterocycles. The lowest BCUT2D eigenvalue weighted by atomic mass is 10.1. The molecule has 0 aromatic heterocycles. The Morgan fingerprint density at radius 2 is 1.77 bits per heavy atom. The Hall–Kier alpha value is -2.91. The van der Waals surface area contributed by atoms with Gasteiger partial charge < -0.3 is 10.2 Å². The minimum atomic E-state index is -4.14. The molecule has 1 N–H and O–H groups in total. The lowest BCUT2D eigenvalue weighted by Crippen LogP contribution is -2.51. The normalized spacial score (nSPS) is 15.3. The molecular formula is C21H22ClN3O5S. The Morgan fingerprint density at radius 3 is 2.39 bits per heavy atom. The molecule has 1 aliphatic rings. The zero-order chi connectivity index (χ0) is 22.8. The zero-order valence-electron chi connectivity index (χ0n) is 17.0. The van der Waals surface area contributed by atoms with E-state index in [0.29, 0.717) is 21.4 Å². The molecule has 0 saturated carbocycles. The Kier molecular flexibility index (Phi) is 6.66. The number of benzene rings is 2. The van der Waals surface area contributed by atoms with Crippen LogP contribution < -0.4 is 5.32 Å². The topological polar surface area (TPSA) is 104 Å². The molecule has 3 amide bonds. The number of carbonyl (C=O) groups excluding carboxylic acids is 3. The van der Waals surface area contributed by atoms with Gasteiger partial charge >= 0.3 is 0 Å². The minimum Gasteiger partial charge on any atom is -0.355 e. The number of amides is 3. The number of halogens is 1. The van der Waals surface area contributed by atoms with Crippen LogP contribution in [0, 0.1) is 0 Å². The van der Waals surface area contributed by atoms with Gasteiger partial charge in [0.25, 0.3) is 15.9 Å². The van der Waals surface area contributed by atoms with Crippen LogP contribution in [0.5, 0.6) is 0 Å². The third kappa shape index (κ3) is 4.57. The van der Waals surface area contributed by atoms with Gasteiger partial charge in [-0.05, 0) is 43.7 Å². The third-order valence-electron chi connectivity index (χ3n) is 4.98. The Bertz CT molecular complexity index is 1120. The SMILES string of the molecule is CCNC(=O)[C@H](C)N(Cc1ccc(Cl)cc1)C(=O)CN1C(=O)c2ccccc2S1(=O)=O. The highest BCUT2D eigenvalue weighted by Crippen LogP contribution is 2.30. The van der Waals surface area contributed by atoms with E-state index in [2.05, 4.69) is 5.32 Å². The van der Waals surface area contributed by atoms with Gasteiger partial charge in [-0.25, -0.2) is 12.7 Å². The molecule has 3 rings (SSSR count). The third-order valence-corrected chi connectivity index (χ3v) is 7.01. The molecule has 10 heteroatoms. The molecule has 2 aromatic rings. The lowest BCUT2D eigenvalue weighted by molar-refractivity contribution is -0.140. The maximum Gasteiger partial charge on any atom is 0.269 e. The van der Waals surface area contributed by atoms with Gasteiger partial charge in [-0.1, -0.05) is 35.9 Å². The van der Waals surface area contributed by atoms with E-state index in [1.165, 1.54) is 23.1 Å². The monoisotopic (exact) mass is 463 g/mol. The maximum atomic E-state index is 13.2. The van der Waals surface area contributed by atoms with Gasteiger partial charge in [0.15, 0.2) is 0 Å². The first kappa shape index (κ1) is 22.8. The van der Waals surface area contributed by atoms with Gasteiger partial charge in [-0.15, -0.1) is 0 Å². The summed E-state index contributed by atoms with van der Waals surface area (Å²) in [5.74, 6) is -1.82. The van der Waals surface area contributed by atoms with Crippen LogP contribution in [0.1, 0.15) is 29.8 Å². The first-order valence-electron chi connectivity index (χ1n) is 9.64. The van der Waals surface area contributed by atoms with Crippen molar-refractivity contribution in [3.63, 3.8) is 0 Å². The highest BCUT2D eigenvalue weighted by atomic mass is 35.5. The number of fused-ring (bicyclic) bond motifs is 1. The number of carbonyl (C=O) groups is 3. The summed E-state index contributed by atoms with van der Waals surface area (Å²) >= 11 is 5.91. The van der Waals surface area contributed by atoms with Crippen molar-refractivity contribution in [1.29, 1.82) is 0 Å². The Labute approximate surface area is 185 Å². The summed E-state index contributed by atoms with van der Waals surface area (Å²) in [5.41, 5.74) is 0.726. The summed E-state index contributed by atoms with van der Waals surface area (Å²) in [4.78, 5) is 39.4. The largest absolute Gasteiger partial charge is 0.355 e. The van der Waals surface area contributed by atoms with Crippen LogP contribution in [0.15, 0.2) is 53.4 Å². The van der Waals surface area contributed by atoms with Crippen molar-refractivity contribution in [1.82, 2.24) is 14.5 Å². The summed E-state index contributed by atoms with van der Waals surface area (Å²) in [5, 5.41) is 3.17. The average molecular weight is 464 g/mol. The summed E-state index contributed by atoms with van der Waals surface area (Å²) in [6.45, 7) is 3.02. The number of hydrogen-bond donors (Lipinski definition) is 1. The molecule has 1 heterocycles. The molecule has 31 heavy (non-hydrogen) atoms. The summed E-state index contributed by atoms with van der Waals surface area (Å²) in [6.07, 6.45) is 0. The molecule has 2 aromatic carbocycles. The van der Waals surface area contributed by atoms with Crippen LogP contribution in [-0.4, -0.2) is 54.5 Å². The molecule has 1 aliphatic heterocycles. The molecule has 0 radical (unpaired) electrons. The molecule has 8 nitrogen and oxygen atoms in total. The fourth-order valence-corrected chi connectivity index (χ4v) is 4.94. The summed E-state index contributed by atoms with van der Waals surface area (Å²) in [7, 11) is -4.14. The van der Waals surface area contributed by atoms with E-state index in [4.69, 9.17) is 11.6 Å². The smallest absolute Gasteiger partial charge is 0.269 e. The summed E-state index contributed by atoms with van der Waals surface area (Å²) in [6, 6.07) is 11.6. The van der Waals surface area contributed by atoms with Gasteiger partial charge in [-0.3, -0.25) is 14.4 Å². The molecule has 0 fully saturated rings. The predicted molar refractivity (Wildman–Crippen MR) is 115 cm³/mol. The number of rotatable bonds is 7. The second-order valence-corrected chi connectivity index (χ2v) is 9.30. The molecule has 0 aliphatic carbocycles. The van der Waals surface area contributed by atoms with Gasteiger partial charge in [0.05, 0.1) is 5.56 Å². The van der Waals surface area contributed by atoms with Crippen LogP contribution in [0.3, 0.4) is 0 Å². The standard InChI is InChI=1S/C21H22ClN3O5S/c1-3-23-20(27)14(2)24(12-15-8-10-16(22)11-9-15)19(26)13-25-21(28)17-6-4-5-7-18(17)31(25,29)30/h4-11,14H,3,12-13H2,1-2H3,(H,23,27)/t14-/m0/s1. The fourth-order valence-electron chi connectivity index (χ4n) is 3.29. The zero-order valence-corrected chi connectivity index (χ0v) is 18.6. The lowest BCUT2D eigenvalue weighted by Gasteiger charge is -2.30. The fraction of sp³-hybridized carbons (Fsp3) is 0.286. The first-order valence-corrected chi connectivity index (χ1v) is 11.5. The second kappa shape index (κ2) is 9.07. The minimum absolute atomic E-state index is 0.0244. The van der Waals surface area contributed by atoms with Crippen molar-refractivity contribution >= 4 is 39.3 Å². The van der Waals surface area contributed by atoms with Crippen molar-refractivity contribution in [3.8, 4) is 0 Å². The molecular weight excluding hydrogens is 442 g/mol.